The molecule has 0 aliphatic heterocycles. The number of nitrogens with zero attached hydrogens (tertiary/aromatic N) is 1. The summed E-state index contributed by atoms with van der Waals surface area (Å²) < 4.78 is 0. The van der Waals surface area contributed by atoms with Gasteiger partial charge in [0, 0.05) is 24.2 Å². The van der Waals surface area contributed by atoms with E-state index in [4.69, 9.17) is 5.73 Å². The van der Waals surface area contributed by atoms with Crippen molar-refractivity contribution in [2.75, 3.05) is 0 Å². The van der Waals surface area contributed by atoms with Crippen molar-refractivity contribution in [2.24, 2.45) is 11.7 Å². The van der Waals surface area contributed by atoms with Crippen molar-refractivity contribution < 1.29 is 9.59 Å². The number of nitrogens with one attached hydrogen (secondary N) is 2. The first-order valence-corrected chi connectivity index (χ1v) is 5.98. The molecule has 0 aliphatic rings. The number of hydrogen-bond acceptors (Lipinski definition) is 4. The lowest BCUT2D eigenvalue weighted by Crippen LogP contribution is -2.48. The minimum atomic E-state index is -0.687. The third-order valence-corrected chi connectivity index (χ3v) is 2.69. The number of ketones is 1. The second kappa shape index (κ2) is 6.30. The van der Waals surface area contributed by atoms with Crippen molar-refractivity contribution >= 4 is 11.7 Å². The third-order valence-electron chi connectivity index (χ3n) is 2.69. The molecule has 0 bridgehead atoms. The summed E-state index contributed by atoms with van der Waals surface area (Å²) in [4.78, 5) is 30.2. The van der Waals surface area contributed by atoms with Crippen LogP contribution in [0.4, 0.5) is 0 Å². The topological polar surface area (TPSA) is 101 Å². The molecular formula is C12H20N4O2. The molecule has 0 aromatic carbocycles. The fourth-order valence-electron chi connectivity index (χ4n) is 1.62. The van der Waals surface area contributed by atoms with E-state index in [0.717, 1.165) is 5.69 Å². The Kier molecular flexibility index (Phi) is 5.03. The maximum Gasteiger partial charge on any atom is 0.237 e. The number of H-pyrrole nitrogens is 1. The quantitative estimate of drug-likeness (QED) is 0.663. The van der Waals surface area contributed by atoms with E-state index in [1.165, 1.54) is 6.33 Å². The number of aromatic amines is 1. The van der Waals surface area contributed by atoms with Crippen LogP contribution in [0.1, 0.15) is 26.5 Å². The highest BCUT2D eigenvalue weighted by Crippen LogP contribution is 2.01. The molecule has 0 spiro atoms. The molecule has 1 heterocycles. The SMILES string of the molecule is CC(C)C(=O)C(C)NC(=O)C(N)Cc1cnc[nH]1. The zero-order chi connectivity index (χ0) is 13.7. The molecule has 6 nitrogen and oxygen atoms in total. The molecule has 18 heavy (non-hydrogen) atoms. The van der Waals surface area contributed by atoms with E-state index < -0.39 is 12.1 Å². The average Bonchev–Trinajstić information content (AvgIpc) is 2.80. The number of aromatic nitrogens is 2. The Morgan fingerprint density at radius 2 is 2.11 bits per heavy atom. The predicted molar refractivity (Wildman–Crippen MR) is 67.7 cm³/mol. The highest BCUT2D eigenvalue weighted by Gasteiger charge is 2.22. The van der Waals surface area contributed by atoms with E-state index >= 15 is 0 Å². The number of Topliss-reactive ketones (excluding diaryl/α,β-unsaturated/α-hetero) is 1. The number of amides is 1. The van der Waals surface area contributed by atoms with E-state index in [1.807, 2.05) is 0 Å². The van der Waals surface area contributed by atoms with Crippen molar-refractivity contribution in [1.29, 1.82) is 0 Å². The lowest BCUT2D eigenvalue weighted by atomic mass is 10.0. The maximum atomic E-state index is 11.8. The van der Waals surface area contributed by atoms with E-state index in [2.05, 4.69) is 15.3 Å². The smallest absolute Gasteiger partial charge is 0.237 e. The number of imidazole rings is 1. The largest absolute Gasteiger partial charge is 0.348 e. The van der Waals surface area contributed by atoms with Crippen LogP contribution in [-0.4, -0.2) is 33.7 Å². The highest BCUT2D eigenvalue weighted by atomic mass is 16.2. The van der Waals surface area contributed by atoms with E-state index in [0.29, 0.717) is 6.42 Å². The molecule has 6 heteroatoms. The van der Waals surface area contributed by atoms with Crippen LogP contribution in [0.25, 0.3) is 0 Å². The normalized spacial score (nSPS) is 14.3. The van der Waals surface area contributed by atoms with Gasteiger partial charge in [0.2, 0.25) is 5.91 Å². The van der Waals surface area contributed by atoms with Crippen molar-refractivity contribution in [3.8, 4) is 0 Å². The molecule has 100 valence electrons. The van der Waals surface area contributed by atoms with Gasteiger partial charge in [-0.15, -0.1) is 0 Å². The van der Waals surface area contributed by atoms with Gasteiger partial charge < -0.3 is 16.0 Å². The van der Waals surface area contributed by atoms with Crippen molar-refractivity contribution in [2.45, 2.75) is 39.3 Å². The van der Waals surface area contributed by atoms with Gasteiger partial charge in [0.25, 0.3) is 0 Å². The first-order valence-electron chi connectivity index (χ1n) is 5.98. The molecule has 1 aromatic rings. The zero-order valence-electron chi connectivity index (χ0n) is 10.9. The van der Waals surface area contributed by atoms with Gasteiger partial charge in [-0.25, -0.2) is 4.98 Å². The van der Waals surface area contributed by atoms with Crippen LogP contribution in [0.2, 0.25) is 0 Å². The molecule has 2 unspecified atom stereocenters. The fourth-order valence-corrected chi connectivity index (χ4v) is 1.62. The summed E-state index contributed by atoms with van der Waals surface area (Å²) in [5.41, 5.74) is 6.55. The van der Waals surface area contributed by atoms with Crippen molar-refractivity contribution in [3.05, 3.63) is 18.2 Å². The molecule has 0 saturated carbocycles. The molecule has 4 N–H and O–H groups in total. The molecule has 0 fully saturated rings. The first-order chi connectivity index (χ1) is 8.41. The van der Waals surface area contributed by atoms with Crippen LogP contribution in [0.15, 0.2) is 12.5 Å². The fraction of sp³-hybridized carbons (Fsp3) is 0.583. The summed E-state index contributed by atoms with van der Waals surface area (Å²) in [6.45, 7) is 5.27. The van der Waals surface area contributed by atoms with Gasteiger partial charge in [-0.2, -0.15) is 0 Å². The number of carbonyl (C=O) groups is 2. The number of hydrogen-bond donors (Lipinski definition) is 3. The molecule has 0 saturated heterocycles. The van der Waals surface area contributed by atoms with Gasteiger partial charge in [0.05, 0.1) is 18.4 Å². The van der Waals surface area contributed by atoms with Gasteiger partial charge in [-0.1, -0.05) is 13.8 Å². The van der Waals surface area contributed by atoms with Crippen molar-refractivity contribution in [1.82, 2.24) is 15.3 Å². The summed E-state index contributed by atoms with van der Waals surface area (Å²) in [5.74, 6) is -0.438. The predicted octanol–water partition coefficient (Wildman–Crippen LogP) is 0.00930. The zero-order valence-corrected chi connectivity index (χ0v) is 10.9. The molecule has 2 atom stereocenters. The summed E-state index contributed by atoms with van der Waals surface area (Å²) in [5, 5.41) is 2.63. The third kappa shape index (κ3) is 3.96. The Morgan fingerprint density at radius 1 is 1.44 bits per heavy atom. The monoisotopic (exact) mass is 252 g/mol. The van der Waals surface area contributed by atoms with Crippen LogP contribution < -0.4 is 11.1 Å². The Balaban J connectivity index is 2.47. The van der Waals surface area contributed by atoms with Gasteiger partial charge in [0.15, 0.2) is 5.78 Å². The van der Waals surface area contributed by atoms with Gasteiger partial charge in [-0.05, 0) is 6.92 Å². The summed E-state index contributed by atoms with van der Waals surface area (Å²) >= 11 is 0. The number of carbonyl (C=O) groups excluding carboxylic acids is 2. The van der Waals surface area contributed by atoms with Crippen molar-refractivity contribution in [3.63, 3.8) is 0 Å². The maximum absolute atomic E-state index is 11.8. The van der Waals surface area contributed by atoms with Crippen LogP contribution >= 0.6 is 0 Å². The number of nitrogens with two attached hydrogens (primary N) is 1. The van der Waals surface area contributed by atoms with E-state index in [9.17, 15) is 9.59 Å². The lowest BCUT2D eigenvalue weighted by molar-refractivity contribution is -0.129. The minimum Gasteiger partial charge on any atom is -0.348 e. The summed E-state index contributed by atoms with van der Waals surface area (Å²) in [6.07, 6.45) is 3.52. The Bertz CT molecular complexity index is 400. The number of rotatable bonds is 6. The van der Waals surface area contributed by atoms with Gasteiger partial charge >= 0.3 is 0 Å². The Morgan fingerprint density at radius 3 is 2.61 bits per heavy atom. The van der Waals surface area contributed by atoms with Crippen LogP contribution in [0.5, 0.6) is 0 Å². The van der Waals surface area contributed by atoms with E-state index in [1.54, 1.807) is 27.0 Å². The molecule has 1 amide bonds. The second-order valence-corrected chi connectivity index (χ2v) is 4.67. The second-order valence-electron chi connectivity index (χ2n) is 4.67. The highest BCUT2D eigenvalue weighted by molar-refractivity contribution is 5.91. The standard InChI is InChI=1S/C12H20N4O2/c1-7(2)11(17)8(3)16-12(18)10(13)4-9-5-14-6-15-9/h5-8,10H,4,13H2,1-3H3,(H,14,15)(H,16,18). The minimum absolute atomic E-state index is 0.00269. The first kappa shape index (κ1) is 14.4. The van der Waals surface area contributed by atoms with E-state index in [-0.39, 0.29) is 17.6 Å². The lowest BCUT2D eigenvalue weighted by Gasteiger charge is -2.17. The average molecular weight is 252 g/mol. The molecule has 1 rings (SSSR count). The molecule has 0 aliphatic carbocycles. The molecular weight excluding hydrogens is 232 g/mol. The van der Waals surface area contributed by atoms with Gasteiger partial charge in [0.1, 0.15) is 0 Å². The molecule has 1 aromatic heterocycles. The van der Waals surface area contributed by atoms with Crippen LogP contribution in [0, 0.1) is 5.92 Å². The van der Waals surface area contributed by atoms with Gasteiger partial charge in [-0.3, -0.25) is 9.59 Å². The molecule has 0 radical (unpaired) electrons. The van der Waals surface area contributed by atoms with Crippen LogP contribution in [-0.2, 0) is 16.0 Å². The summed E-state index contributed by atoms with van der Waals surface area (Å²) in [6, 6.07) is -1.20. The Labute approximate surface area is 106 Å². The Hall–Kier alpha value is -1.69. The summed E-state index contributed by atoms with van der Waals surface area (Å²) in [7, 11) is 0. The van der Waals surface area contributed by atoms with Crippen LogP contribution in [0.3, 0.4) is 0 Å².